The molecule has 4 unspecified atom stereocenters. The normalized spacial score (nSPS) is 30.1. The Hall–Kier alpha value is -0.470. The molecule has 1 saturated carbocycles. The second-order valence-electron chi connectivity index (χ2n) is 6.74. The van der Waals surface area contributed by atoms with E-state index in [2.05, 4.69) is 55.2 Å². The highest BCUT2D eigenvalue weighted by atomic mass is 32.2. The van der Waals surface area contributed by atoms with Crippen molar-refractivity contribution in [1.29, 1.82) is 0 Å². The maximum atomic E-state index is 3.87. The summed E-state index contributed by atoms with van der Waals surface area (Å²) in [6.45, 7) is 5.73. The predicted molar refractivity (Wildman–Crippen MR) is 93.1 cm³/mol. The number of thioether (sulfide) groups is 1. The molecule has 21 heavy (non-hydrogen) atoms. The Morgan fingerprint density at radius 1 is 1.24 bits per heavy atom. The molecule has 1 aromatic carbocycles. The van der Waals surface area contributed by atoms with Crippen molar-refractivity contribution in [2.75, 3.05) is 12.3 Å². The predicted octanol–water partition coefficient (Wildman–Crippen LogP) is 5.07. The van der Waals surface area contributed by atoms with Gasteiger partial charge in [0.25, 0.3) is 0 Å². The summed E-state index contributed by atoms with van der Waals surface area (Å²) >= 11 is 2.06. The fourth-order valence-corrected chi connectivity index (χ4v) is 5.69. The van der Waals surface area contributed by atoms with Gasteiger partial charge < -0.3 is 5.32 Å². The zero-order chi connectivity index (χ0) is 14.7. The van der Waals surface area contributed by atoms with Crippen molar-refractivity contribution >= 4 is 11.8 Å². The van der Waals surface area contributed by atoms with Crippen molar-refractivity contribution in [3.63, 3.8) is 0 Å². The van der Waals surface area contributed by atoms with Crippen LogP contribution >= 0.6 is 11.8 Å². The molecule has 1 aromatic rings. The van der Waals surface area contributed by atoms with Gasteiger partial charge in [0.2, 0.25) is 0 Å². The fourth-order valence-electron chi connectivity index (χ4n) is 4.39. The van der Waals surface area contributed by atoms with E-state index in [1.54, 1.807) is 5.56 Å². The molecule has 3 rings (SSSR count). The Morgan fingerprint density at radius 3 is 2.90 bits per heavy atom. The van der Waals surface area contributed by atoms with Crippen molar-refractivity contribution in [1.82, 2.24) is 5.32 Å². The van der Waals surface area contributed by atoms with Crippen molar-refractivity contribution in [3.8, 4) is 0 Å². The number of hydrogen-bond donors (Lipinski definition) is 1. The van der Waals surface area contributed by atoms with Crippen LogP contribution < -0.4 is 5.32 Å². The molecule has 116 valence electrons. The van der Waals surface area contributed by atoms with E-state index < -0.39 is 0 Å². The molecule has 0 saturated heterocycles. The Kier molecular flexibility index (Phi) is 5.29. The van der Waals surface area contributed by atoms with Crippen LogP contribution in [0.5, 0.6) is 0 Å². The first-order valence-corrected chi connectivity index (χ1v) is 9.77. The lowest BCUT2D eigenvalue weighted by atomic mass is 9.72. The molecule has 0 amide bonds. The molecule has 0 spiro atoms. The van der Waals surface area contributed by atoms with Gasteiger partial charge in [-0.15, -0.1) is 11.8 Å². The summed E-state index contributed by atoms with van der Waals surface area (Å²) in [5, 5.41) is 3.87. The summed E-state index contributed by atoms with van der Waals surface area (Å²) in [5.41, 5.74) is 1.60. The number of likely N-dealkylation sites (N-methyl/N-ethyl adjacent to an activating group) is 1. The summed E-state index contributed by atoms with van der Waals surface area (Å²) in [6.07, 6.45) is 7.13. The van der Waals surface area contributed by atoms with Crippen LogP contribution in [-0.4, -0.2) is 18.3 Å². The molecule has 0 bridgehead atoms. The van der Waals surface area contributed by atoms with Crippen molar-refractivity contribution < 1.29 is 0 Å². The van der Waals surface area contributed by atoms with Crippen molar-refractivity contribution in [2.45, 2.75) is 62.8 Å². The van der Waals surface area contributed by atoms with Gasteiger partial charge in [-0.25, -0.2) is 0 Å². The third-order valence-corrected chi connectivity index (χ3v) is 6.73. The number of nitrogens with one attached hydrogen (secondary N) is 1. The van der Waals surface area contributed by atoms with Gasteiger partial charge in [-0.05, 0) is 42.9 Å². The van der Waals surface area contributed by atoms with E-state index in [1.807, 2.05) is 0 Å². The van der Waals surface area contributed by atoms with E-state index in [-0.39, 0.29) is 0 Å². The first-order chi connectivity index (χ1) is 10.3. The van der Waals surface area contributed by atoms with E-state index >= 15 is 0 Å². The third kappa shape index (κ3) is 3.32. The van der Waals surface area contributed by atoms with E-state index in [9.17, 15) is 0 Å². The molecule has 2 heteroatoms. The molecular formula is C19H29NS. The van der Waals surface area contributed by atoms with Gasteiger partial charge in [0, 0.05) is 22.6 Å². The van der Waals surface area contributed by atoms with Gasteiger partial charge in [-0.1, -0.05) is 51.3 Å². The molecule has 1 heterocycles. The molecule has 4 atom stereocenters. The first-order valence-electron chi connectivity index (χ1n) is 8.78. The van der Waals surface area contributed by atoms with Gasteiger partial charge in [-0.2, -0.15) is 0 Å². The highest BCUT2D eigenvalue weighted by Gasteiger charge is 2.36. The van der Waals surface area contributed by atoms with Crippen molar-refractivity contribution in [2.24, 2.45) is 11.8 Å². The Balaban J connectivity index is 1.79. The Labute approximate surface area is 134 Å². The molecule has 1 aliphatic heterocycles. The van der Waals surface area contributed by atoms with Crippen LogP contribution in [0.3, 0.4) is 0 Å². The second kappa shape index (κ2) is 7.19. The molecule has 1 aliphatic carbocycles. The maximum Gasteiger partial charge on any atom is 0.0172 e. The smallest absolute Gasteiger partial charge is 0.0172 e. The molecule has 0 aromatic heterocycles. The van der Waals surface area contributed by atoms with Gasteiger partial charge in [0.05, 0.1) is 0 Å². The summed E-state index contributed by atoms with van der Waals surface area (Å²) in [6, 6.07) is 9.75. The number of benzene rings is 1. The molecule has 1 nitrogen and oxygen atoms in total. The number of rotatable bonds is 5. The average molecular weight is 304 g/mol. The minimum Gasteiger partial charge on any atom is -0.313 e. The van der Waals surface area contributed by atoms with E-state index in [4.69, 9.17) is 0 Å². The fraction of sp³-hybridized carbons (Fsp3) is 0.684. The number of hydrogen-bond acceptors (Lipinski definition) is 2. The molecule has 0 radical (unpaired) electrons. The van der Waals surface area contributed by atoms with E-state index in [1.165, 1.54) is 42.8 Å². The second-order valence-corrected chi connectivity index (χ2v) is 7.80. The average Bonchev–Trinajstić information content (AvgIpc) is 2.96. The van der Waals surface area contributed by atoms with Gasteiger partial charge in [0.15, 0.2) is 0 Å². The van der Waals surface area contributed by atoms with Gasteiger partial charge in [-0.3, -0.25) is 0 Å². The zero-order valence-electron chi connectivity index (χ0n) is 13.5. The van der Waals surface area contributed by atoms with E-state index in [0.29, 0.717) is 12.0 Å². The maximum absolute atomic E-state index is 3.87. The van der Waals surface area contributed by atoms with Gasteiger partial charge >= 0.3 is 0 Å². The largest absolute Gasteiger partial charge is 0.313 e. The molecular weight excluding hydrogens is 274 g/mol. The summed E-state index contributed by atoms with van der Waals surface area (Å²) in [5.74, 6) is 3.82. The lowest BCUT2D eigenvalue weighted by molar-refractivity contribution is 0.196. The van der Waals surface area contributed by atoms with Crippen LogP contribution in [0.1, 0.15) is 57.4 Å². The lowest BCUT2D eigenvalue weighted by Crippen LogP contribution is -2.43. The van der Waals surface area contributed by atoms with Crippen LogP contribution in [0, 0.1) is 11.8 Å². The highest BCUT2D eigenvalue weighted by molar-refractivity contribution is 7.99. The minimum atomic E-state index is 0.681. The highest BCUT2D eigenvalue weighted by Crippen LogP contribution is 2.45. The summed E-state index contributed by atoms with van der Waals surface area (Å²) in [4.78, 5) is 1.52. The molecule has 1 fully saturated rings. The zero-order valence-corrected chi connectivity index (χ0v) is 14.3. The van der Waals surface area contributed by atoms with Gasteiger partial charge in [0.1, 0.15) is 0 Å². The third-order valence-electron chi connectivity index (χ3n) is 5.52. The quantitative estimate of drug-likeness (QED) is 0.815. The molecule has 2 aliphatic rings. The topological polar surface area (TPSA) is 12.0 Å². The van der Waals surface area contributed by atoms with Crippen LogP contribution in [0.2, 0.25) is 0 Å². The number of fused-ring (bicyclic) bond motifs is 1. The summed E-state index contributed by atoms with van der Waals surface area (Å²) in [7, 11) is 0. The Morgan fingerprint density at radius 2 is 2.10 bits per heavy atom. The molecule has 1 N–H and O–H groups in total. The lowest BCUT2D eigenvalue weighted by Gasteiger charge is -2.38. The standard InChI is InChI=1S/C19H29NS/c1-3-14-8-7-9-15(12-14)19(20-4-2)17-13-21-18-11-6-5-10-16(17)18/h5-6,10-11,14-15,17,19-20H,3-4,7-9,12-13H2,1-2H3. The van der Waals surface area contributed by atoms with Crippen molar-refractivity contribution in [3.05, 3.63) is 29.8 Å². The van der Waals surface area contributed by atoms with Crippen LogP contribution in [-0.2, 0) is 0 Å². The van der Waals surface area contributed by atoms with E-state index in [0.717, 1.165) is 18.4 Å². The monoisotopic (exact) mass is 303 g/mol. The SMILES string of the molecule is CCNC(C1CCCC(CC)C1)C1CSc2ccccc21. The van der Waals surface area contributed by atoms with Crippen LogP contribution in [0.25, 0.3) is 0 Å². The Bertz CT molecular complexity index is 459. The van der Waals surface area contributed by atoms with Crippen LogP contribution in [0.15, 0.2) is 29.2 Å². The summed E-state index contributed by atoms with van der Waals surface area (Å²) < 4.78 is 0. The van der Waals surface area contributed by atoms with Crippen LogP contribution in [0.4, 0.5) is 0 Å². The first kappa shape index (κ1) is 15.4. The minimum absolute atomic E-state index is 0.681.